The van der Waals surface area contributed by atoms with Crippen LogP contribution in [-0.2, 0) is 23.9 Å². The molecule has 0 aliphatic rings. The first kappa shape index (κ1) is 27.2. The van der Waals surface area contributed by atoms with Crippen LogP contribution in [0, 0.1) is 5.92 Å². The number of carbonyl (C=O) groups excluding carboxylic acids is 5. The van der Waals surface area contributed by atoms with Crippen molar-refractivity contribution in [3.8, 4) is 0 Å². The van der Waals surface area contributed by atoms with Crippen LogP contribution in [-0.4, -0.2) is 42.7 Å². The Morgan fingerprint density at radius 2 is 1.29 bits per heavy atom. The van der Waals surface area contributed by atoms with Crippen molar-refractivity contribution in [2.24, 2.45) is 5.92 Å². The molecule has 0 heterocycles. The molecule has 0 aromatic heterocycles. The standard InChI is InChI=1S/C26H30N2O7/c1-17(2)15-35-26(33)20-9-13-22(14-10-20)28-24(31)16-34-25(32)6-4-5-23(30)27-21-11-7-19(8-12-21)18(3)29/h7-14,17H,4-6,15-16H2,1-3H3,(H,27,30)(H,28,31). The van der Waals surface area contributed by atoms with Crippen LogP contribution in [0.5, 0.6) is 0 Å². The van der Waals surface area contributed by atoms with Gasteiger partial charge in [-0.15, -0.1) is 0 Å². The SMILES string of the molecule is CC(=O)c1ccc(NC(=O)CCCC(=O)OCC(=O)Nc2ccc(C(=O)OCC(C)C)cc2)cc1. The highest BCUT2D eigenvalue weighted by molar-refractivity contribution is 5.96. The van der Waals surface area contributed by atoms with E-state index < -0.39 is 24.5 Å². The van der Waals surface area contributed by atoms with Crippen LogP contribution in [0.2, 0.25) is 0 Å². The topological polar surface area (TPSA) is 128 Å². The van der Waals surface area contributed by atoms with E-state index in [1.807, 2.05) is 13.8 Å². The molecule has 2 amide bonds. The summed E-state index contributed by atoms with van der Waals surface area (Å²) in [4.78, 5) is 59.0. The average Bonchev–Trinajstić information content (AvgIpc) is 2.82. The average molecular weight is 483 g/mol. The van der Waals surface area contributed by atoms with Gasteiger partial charge in [0.15, 0.2) is 12.4 Å². The molecule has 186 valence electrons. The summed E-state index contributed by atoms with van der Waals surface area (Å²) in [6.45, 7) is 5.19. The van der Waals surface area contributed by atoms with Crippen molar-refractivity contribution < 1.29 is 33.4 Å². The highest BCUT2D eigenvalue weighted by Crippen LogP contribution is 2.12. The summed E-state index contributed by atoms with van der Waals surface area (Å²) in [5, 5.41) is 5.26. The van der Waals surface area contributed by atoms with Crippen LogP contribution in [0.25, 0.3) is 0 Å². The fourth-order valence-corrected chi connectivity index (χ4v) is 2.84. The predicted molar refractivity (Wildman–Crippen MR) is 130 cm³/mol. The van der Waals surface area contributed by atoms with Gasteiger partial charge in [0.25, 0.3) is 5.91 Å². The van der Waals surface area contributed by atoms with Gasteiger partial charge in [-0.05, 0) is 67.8 Å². The monoisotopic (exact) mass is 482 g/mol. The highest BCUT2D eigenvalue weighted by atomic mass is 16.5. The lowest BCUT2D eigenvalue weighted by molar-refractivity contribution is -0.147. The molecule has 0 saturated heterocycles. The van der Waals surface area contributed by atoms with Crippen molar-refractivity contribution in [3.63, 3.8) is 0 Å². The van der Waals surface area contributed by atoms with Gasteiger partial charge in [0.2, 0.25) is 5.91 Å². The summed E-state index contributed by atoms with van der Waals surface area (Å²) in [5.41, 5.74) is 1.92. The number of hydrogen-bond acceptors (Lipinski definition) is 7. The molecular formula is C26H30N2O7. The zero-order chi connectivity index (χ0) is 25.8. The number of ether oxygens (including phenoxy) is 2. The summed E-state index contributed by atoms with van der Waals surface area (Å²) in [5.74, 6) is -1.67. The predicted octanol–water partition coefficient (Wildman–Crippen LogP) is 3.99. The normalized spacial score (nSPS) is 10.4. The number of rotatable bonds is 12. The molecule has 2 N–H and O–H groups in total. The Morgan fingerprint density at radius 1 is 0.743 bits per heavy atom. The number of amides is 2. The number of carbonyl (C=O) groups is 5. The lowest BCUT2D eigenvalue weighted by Gasteiger charge is -2.09. The number of esters is 2. The molecule has 9 heteroatoms. The molecule has 0 aliphatic heterocycles. The molecule has 0 spiro atoms. The Bertz CT molecular complexity index is 1040. The Morgan fingerprint density at radius 3 is 1.83 bits per heavy atom. The summed E-state index contributed by atoms with van der Waals surface area (Å²) in [7, 11) is 0. The maximum atomic E-state index is 12.0. The van der Waals surface area contributed by atoms with Crippen LogP contribution in [0.4, 0.5) is 11.4 Å². The number of nitrogens with one attached hydrogen (secondary N) is 2. The lowest BCUT2D eigenvalue weighted by Crippen LogP contribution is -2.21. The summed E-state index contributed by atoms with van der Waals surface area (Å²) in [6, 6.07) is 12.7. The fourth-order valence-electron chi connectivity index (χ4n) is 2.84. The molecule has 2 aromatic rings. The Hall–Kier alpha value is -4.01. The Balaban J connectivity index is 1.65. The maximum Gasteiger partial charge on any atom is 0.338 e. The van der Waals surface area contributed by atoms with E-state index >= 15 is 0 Å². The van der Waals surface area contributed by atoms with E-state index in [9.17, 15) is 24.0 Å². The van der Waals surface area contributed by atoms with E-state index in [4.69, 9.17) is 9.47 Å². The molecule has 9 nitrogen and oxygen atoms in total. The van der Waals surface area contributed by atoms with Crippen LogP contribution in [0.1, 0.15) is 60.7 Å². The molecule has 2 rings (SSSR count). The molecular weight excluding hydrogens is 452 g/mol. The van der Waals surface area contributed by atoms with E-state index in [1.54, 1.807) is 36.4 Å². The molecule has 2 aromatic carbocycles. The van der Waals surface area contributed by atoms with Crippen LogP contribution in [0.15, 0.2) is 48.5 Å². The van der Waals surface area contributed by atoms with Gasteiger partial charge < -0.3 is 20.1 Å². The second kappa shape index (κ2) is 13.6. The van der Waals surface area contributed by atoms with Gasteiger partial charge in [-0.25, -0.2) is 4.79 Å². The first-order chi connectivity index (χ1) is 16.6. The molecule has 0 bridgehead atoms. The zero-order valence-electron chi connectivity index (χ0n) is 20.1. The van der Waals surface area contributed by atoms with Crippen LogP contribution >= 0.6 is 0 Å². The van der Waals surface area contributed by atoms with Gasteiger partial charge in [-0.2, -0.15) is 0 Å². The van der Waals surface area contributed by atoms with Gasteiger partial charge in [0, 0.05) is 29.8 Å². The van der Waals surface area contributed by atoms with E-state index in [-0.39, 0.29) is 36.9 Å². The molecule has 0 atom stereocenters. The number of benzene rings is 2. The lowest BCUT2D eigenvalue weighted by atomic mass is 10.1. The molecule has 0 radical (unpaired) electrons. The van der Waals surface area contributed by atoms with Crippen molar-refractivity contribution in [3.05, 3.63) is 59.7 Å². The third kappa shape index (κ3) is 10.2. The van der Waals surface area contributed by atoms with Crippen molar-refractivity contribution in [1.82, 2.24) is 0 Å². The second-order valence-corrected chi connectivity index (χ2v) is 8.31. The minimum Gasteiger partial charge on any atom is -0.462 e. The first-order valence-electron chi connectivity index (χ1n) is 11.3. The number of anilines is 2. The van der Waals surface area contributed by atoms with Gasteiger partial charge in [-0.3, -0.25) is 19.2 Å². The first-order valence-corrected chi connectivity index (χ1v) is 11.3. The van der Waals surface area contributed by atoms with Crippen LogP contribution in [0.3, 0.4) is 0 Å². The van der Waals surface area contributed by atoms with Crippen LogP contribution < -0.4 is 10.6 Å². The van der Waals surface area contributed by atoms with Gasteiger partial charge >= 0.3 is 11.9 Å². The molecule has 0 fully saturated rings. The largest absolute Gasteiger partial charge is 0.462 e. The van der Waals surface area contributed by atoms with E-state index in [0.29, 0.717) is 29.1 Å². The summed E-state index contributed by atoms with van der Waals surface area (Å²) in [6.07, 6.45) is 0.338. The van der Waals surface area contributed by atoms with E-state index in [1.165, 1.54) is 19.1 Å². The molecule has 35 heavy (non-hydrogen) atoms. The molecule has 0 unspecified atom stereocenters. The Kier molecular flexibility index (Phi) is 10.6. The van der Waals surface area contributed by atoms with Gasteiger partial charge in [-0.1, -0.05) is 13.8 Å². The number of Topliss-reactive ketones (excluding diaryl/α,β-unsaturated/α-hetero) is 1. The molecule has 0 aliphatic carbocycles. The van der Waals surface area contributed by atoms with Crippen molar-refractivity contribution in [1.29, 1.82) is 0 Å². The van der Waals surface area contributed by atoms with E-state index in [2.05, 4.69) is 10.6 Å². The van der Waals surface area contributed by atoms with Crippen molar-refractivity contribution >= 4 is 40.9 Å². The van der Waals surface area contributed by atoms with Gasteiger partial charge in [0.1, 0.15) is 0 Å². The quantitative estimate of drug-likeness (QED) is 0.346. The minimum atomic E-state index is -0.595. The molecule has 0 saturated carbocycles. The smallest absolute Gasteiger partial charge is 0.338 e. The third-order valence-corrected chi connectivity index (χ3v) is 4.68. The zero-order valence-corrected chi connectivity index (χ0v) is 20.1. The van der Waals surface area contributed by atoms with Gasteiger partial charge in [0.05, 0.1) is 12.2 Å². The summed E-state index contributed by atoms with van der Waals surface area (Å²) < 4.78 is 10.1. The second-order valence-electron chi connectivity index (χ2n) is 8.31. The van der Waals surface area contributed by atoms with E-state index in [0.717, 1.165) is 0 Å². The van der Waals surface area contributed by atoms with Crippen molar-refractivity contribution in [2.45, 2.75) is 40.0 Å². The number of ketones is 1. The maximum absolute atomic E-state index is 12.0. The Labute approximate surface area is 204 Å². The third-order valence-electron chi connectivity index (χ3n) is 4.68. The number of hydrogen-bond donors (Lipinski definition) is 2. The summed E-state index contributed by atoms with van der Waals surface area (Å²) >= 11 is 0. The minimum absolute atomic E-state index is 0.0167. The van der Waals surface area contributed by atoms with Crippen molar-refractivity contribution in [2.75, 3.05) is 23.8 Å². The highest BCUT2D eigenvalue weighted by Gasteiger charge is 2.12. The fraction of sp³-hybridized carbons (Fsp3) is 0.346.